The molecule has 0 saturated heterocycles. The van der Waals surface area contributed by atoms with Crippen LogP contribution in [0, 0.1) is 0 Å². The SMILES string of the molecule is O=C(O)/C=C/c1cnc(C(F)(F)F)nc1. The van der Waals surface area contributed by atoms with Crippen molar-refractivity contribution in [1.82, 2.24) is 9.97 Å². The lowest BCUT2D eigenvalue weighted by molar-refractivity contribution is -0.145. The molecule has 0 saturated carbocycles. The average molecular weight is 218 g/mol. The molecule has 0 aliphatic carbocycles. The van der Waals surface area contributed by atoms with E-state index >= 15 is 0 Å². The Balaban J connectivity index is 2.86. The molecule has 0 amide bonds. The molecule has 0 radical (unpaired) electrons. The Hall–Kier alpha value is -1.92. The molecule has 0 unspecified atom stereocenters. The summed E-state index contributed by atoms with van der Waals surface area (Å²) in [6.45, 7) is 0. The van der Waals surface area contributed by atoms with E-state index in [4.69, 9.17) is 5.11 Å². The monoisotopic (exact) mass is 218 g/mol. The van der Waals surface area contributed by atoms with Crippen LogP contribution in [-0.4, -0.2) is 21.0 Å². The number of rotatable bonds is 2. The molecule has 1 aromatic rings. The number of aliphatic carboxylic acids is 1. The largest absolute Gasteiger partial charge is 0.478 e. The van der Waals surface area contributed by atoms with E-state index < -0.39 is 18.0 Å². The Labute approximate surface area is 82.1 Å². The third-order valence-corrected chi connectivity index (χ3v) is 1.34. The lowest BCUT2D eigenvalue weighted by Gasteiger charge is -2.03. The maximum atomic E-state index is 12.0. The predicted octanol–water partition coefficient (Wildman–Crippen LogP) is 1.59. The summed E-state index contributed by atoms with van der Waals surface area (Å²) in [5.74, 6) is -2.45. The predicted molar refractivity (Wildman–Crippen MR) is 43.7 cm³/mol. The Morgan fingerprint density at radius 1 is 1.33 bits per heavy atom. The van der Waals surface area contributed by atoms with Gasteiger partial charge in [0, 0.05) is 24.0 Å². The third kappa shape index (κ3) is 3.37. The number of alkyl halides is 3. The first kappa shape index (κ1) is 11.2. The standard InChI is InChI=1S/C8H5F3N2O2/c9-8(10,11)7-12-3-5(4-13-7)1-2-6(14)15/h1-4H,(H,14,15)/b2-1+. The number of carboxylic acids is 1. The first-order chi connectivity index (χ1) is 6.89. The second kappa shape index (κ2) is 4.07. The highest BCUT2D eigenvalue weighted by molar-refractivity contribution is 5.85. The topological polar surface area (TPSA) is 63.1 Å². The molecular formula is C8H5F3N2O2. The number of hydrogen-bond donors (Lipinski definition) is 1. The van der Waals surface area contributed by atoms with Crippen LogP contribution in [0.1, 0.15) is 11.4 Å². The lowest BCUT2D eigenvalue weighted by atomic mass is 10.3. The molecular weight excluding hydrogens is 213 g/mol. The van der Waals surface area contributed by atoms with Crippen LogP contribution in [0.3, 0.4) is 0 Å². The first-order valence-corrected chi connectivity index (χ1v) is 3.70. The summed E-state index contributed by atoms with van der Waals surface area (Å²) in [5.41, 5.74) is 0.186. The molecule has 0 bridgehead atoms. The van der Waals surface area contributed by atoms with Gasteiger partial charge < -0.3 is 5.11 Å². The highest BCUT2D eigenvalue weighted by Gasteiger charge is 2.34. The number of halogens is 3. The van der Waals surface area contributed by atoms with Gasteiger partial charge in [-0.3, -0.25) is 0 Å². The molecule has 15 heavy (non-hydrogen) atoms. The van der Waals surface area contributed by atoms with Crippen LogP contribution in [0.15, 0.2) is 18.5 Å². The van der Waals surface area contributed by atoms with Crippen molar-refractivity contribution in [3.05, 3.63) is 29.9 Å². The van der Waals surface area contributed by atoms with Gasteiger partial charge in [-0.15, -0.1) is 0 Å². The molecule has 0 aliphatic heterocycles. The van der Waals surface area contributed by atoms with Crippen molar-refractivity contribution in [2.75, 3.05) is 0 Å². The van der Waals surface area contributed by atoms with Crippen LogP contribution < -0.4 is 0 Å². The van der Waals surface area contributed by atoms with Gasteiger partial charge in [-0.05, 0) is 6.08 Å². The Morgan fingerprint density at radius 2 is 1.87 bits per heavy atom. The van der Waals surface area contributed by atoms with E-state index in [-0.39, 0.29) is 5.56 Å². The van der Waals surface area contributed by atoms with Gasteiger partial charge in [0.25, 0.3) is 0 Å². The van der Waals surface area contributed by atoms with Gasteiger partial charge in [-0.25, -0.2) is 14.8 Å². The number of aromatic nitrogens is 2. The fourth-order valence-corrected chi connectivity index (χ4v) is 0.738. The van der Waals surface area contributed by atoms with Crippen LogP contribution in [0.5, 0.6) is 0 Å². The maximum Gasteiger partial charge on any atom is 0.451 e. The minimum Gasteiger partial charge on any atom is -0.478 e. The van der Waals surface area contributed by atoms with Crippen molar-refractivity contribution >= 4 is 12.0 Å². The molecule has 4 nitrogen and oxygen atoms in total. The van der Waals surface area contributed by atoms with Gasteiger partial charge in [0.15, 0.2) is 0 Å². The molecule has 1 aromatic heterocycles. The average Bonchev–Trinajstić information content (AvgIpc) is 2.14. The zero-order chi connectivity index (χ0) is 11.5. The molecule has 0 aromatic carbocycles. The highest BCUT2D eigenvalue weighted by Crippen LogP contribution is 2.25. The second-order valence-corrected chi connectivity index (χ2v) is 2.51. The fraction of sp³-hybridized carbons (Fsp3) is 0.125. The normalized spacial score (nSPS) is 11.9. The summed E-state index contributed by atoms with van der Waals surface area (Å²) in [7, 11) is 0. The van der Waals surface area contributed by atoms with Crippen molar-refractivity contribution in [3.8, 4) is 0 Å². The number of hydrogen-bond acceptors (Lipinski definition) is 3. The van der Waals surface area contributed by atoms with E-state index in [0.29, 0.717) is 0 Å². The van der Waals surface area contributed by atoms with Crippen molar-refractivity contribution in [1.29, 1.82) is 0 Å². The molecule has 1 rings (SSSR count). The van der Waals surface area contributed by atoms with Crippen LogP contribution in [0.2, 0.25) is 0 Å². The molecule has 0 atom stereocenters. The van der Waals surface area contributed by atoms with Crippen LogP contribution in [-0.2, 0) is 11.0 Å². The minimum atomic E-state index is -4.59. The third-order valence-electron chi connectivity index (χ3n) is 1.34. The zero-order valence-corrected chi connectivity index (χ0v) is 7.19. The highest BCUT2D eigenvalue weighted by atomic mass is 19.4. The van der Waals surface area contributed by atoms with E-state index in [2.05, 4.69) is 9.97 Å². The van der Waals surface area contributed by atoms with Gasteiger partial charge >= 0.3 is 12.1 Å². The van der Waals surface area contributed by atoms with Gasteiger partial charge in [0.05, 0.1) is 0 Å². The fourth-order valence-electron chi connectivity index (χ4n) is 0.738. The molecule has 7 heteroatoms. The summed E-state index contributed by atoms with van der Waals surface area (Å²) >= 11 is 0. The first-order valence-electron chi connectivity index (χ1n) is 3.70. The molecule has 80 valence electrons. The van der Waals surface area contributed by atoms with Crippen LogP contribution in [0.4, 0.5) is 13.2 Å². The van der Waals surface area contributed by atoms with Crippen LogP contribution in [0.25, 0.3) is 6.08 Å². The summed E-state index contributed by atoms with van der Waals surface area (Å²) in [6.07, 6.45) is -0.909. The maximum absolute atomic E-state index is 12.0. The summed E-state index contributed by atoms with van der Waals surface area (Å²) < 4.78 is 36.0. The quantitative estimate of drug-likeness (QED) is 0.765. The lowest BCUT2D eigenvalue weighted by Crippen LogP contribution is -2.10. The molecule has 0 fully saturated rings. The molecule has 1 N–H and O–H groups in total. The van der Waals surface area contributed by atoms with Crippen LogP contribution >= 0.6 is 0 Å². The van der Waals surface area contributed by atoms with Gasteiger partial charge in [-0.1, -0.05) is 0 Å². The summed E-state index contributed by atoms with van der Waals surface area (Å²) in [5, 5.41) is 8.25. The molecule has 1 heterocycles. The minimum absolute atomic E-state index is 0.186. The molecule has 0 aliphatic rings. The second-order valence-electron chi connectivity index (χ2n) is 2.51. The van der Waals surface area contributed by atoms with Gasteiger partial charge in [-0.2, -0.15) is 13.2 Å². The Bertz CT molecular complexity index is 384. The Kier molecular flexibility index (Phi) is 3.03. The summed E-state index contributed by atoms with van der Waals surface area (Å²) in [6, 6.07) is 0. The zero-order valence-electron chi connectivity index (χ0n) is 7.19. The number of nitrogens with zero attached hydrogens (tertiary/aromatic N) is 2. The van der Waals surface area contributed by atoms with E-state index in [0.717, 1.165) is 24.5 Å². The molecule has 0 spiro atoms. The van der Waals surface area contributed by atoms with E-state index in [9.17, 15) is 18.0 Å². The van der Waals surface area contributed by atoms with Gasteiger partial charge in [0.1, 0.15) is 0 Å². The van der Waals surface area contributed by atoms with E-state index in [1.807, 2.05) is 0 Å². The van der Waals surface area contributed by atoms with Crippen molar-refractivity contribution in [3.63, 3.8) is 0 Å². The van der Waals surface area contributed by atoms with E-state index in [1.165, 1.54) is 0 Å². The smallest absolute Gasteiger partial charge is 0.451 e. The van der Waals surface area contributed by atoms with Crippen molar-refractivity contribution in [2.45, 2.75) is 6.18 Å². The summed E-state index contributed by atoms with van der Waals surface area (Å²) in [4.78, 5) is 16.2. The van der Waals surface area contributed by atoms with E-state index in [1.54, 1.807) is 0 Å². The van der Waals surface area contributed by atoms with Gasteiger partial charge in [0.2, 0.25) is 5.82 Å². The van der Waals surface area contributed by atoms with Crippen molar-refractivity contribution < 1.29 is 23.1 Å². The number of carbonyl (C=O) groups is 1. The van der Waals surface area contributed by atoms with Crippen molar-refractivity contribution in [2.24, 2.45) is 0 Å². The number of carboxylic acid groups (broad SMARTS) is 1. The Morgan fingerprint density at radius 3 is 2.27 bits per heavy atom.